The second kappa shape index (κ2) is 11.3. The lowest BCUT2D eigenvalue weighted by molar-refractivity contribution is -0.132. The molecule has 0 rings (SSSR count). The SMILES string of the molecule is CCCCCC/C(C)=C(/CCCCCC)C(=O)O. The number of carboxylic acid groups (broad SMARTS) is 1. The summed E-state index contributed by atoms with van der Waals surface area (Å²) in [6.45, 7) is 6.36. The van der Waals surface area contributed by atoms with E-state index in [9.17, 15) is 9.90 Å². The van der Waals surface area contributed by atoms with Crippen LogP contribution in [0.3, 0.4) is 0 Å². The zero-order valence-corrected chi connectivity index (χ0v) is 12.4. The minimum atomic E-state index is -0.709. The molecule has 0 heterocycles. The van der Waals surface area contributed by atoms with Crippen molar-refractivity contribution in [3.05, 3.63) is 11.1 Å². The quantitative estimate of drug-likeness (QED) is 0.400. The minimum absolute atomic E-state index is 0.669. The van der Waals surface area contributed by atoms with Gasteiger partial charge in [0, 0.05) is 5.57 Å². The van der Waals surface area contributed by atoms with Gasteiger partial charge in [0.2, 0.25) is 0 Å². The Hall–Kier alpha value is -0.790. The van der Waals surface area contributed by atoms with Gasteiger partial charge in [-0.05, 0) is 32.6 Å². The van der Waals surface area contributed by atoms with Crippen LogP contribution in [0.2, 0.25) is 0 Å². The van der Waals surface area contributed by atoms with Crippen molar-refractivity contribution < 1.29 is 9.90 Å². The second-order valence-corrected chi connectivity index (χ2v) is 5.19. The van der Waals surface area contributed by atoms with Crippen molar-refractivity contribution in [1.29, 1.82) is 0 Å². The normalized spacial score (nSPS) is 12.4. The Morgan fingerprint density at radius 3 is 1.78 bits per heavy atom. The van der Waals surface area contributed by atoms with E-state index < -0.39 is 5.97 Å². The van der Waals surface area contributed by atoms with Gasteiger partial charge in [0.05, 0.1) is 0 Å². The first-order chi connectivity index (χ1) is 8.63. The van der Waals surface area contributed by atoms with E-state index in [2.05, 4.69) is 13.8 Å². The molecule has 0 fully saturated rings. The molecule has 0 radical (unpaired) electrons. The molecule has 0 aromatic heterocycles. The highest BCUT2D eigenvalue weighted by Crippen LogP contribution is 2.19. The monoisotopic (exact) mass is 254 g/mol. The number of aliphatic carboxylic acids is 1. The van der Waals surface area contributed by atoms with E-state index in [1.807, 2.05) is 6.92 Å². The van der Waals surface area contributed by atoms with Gasteiger partial charge in [0.1, 0.15) is 0 Å². The topological polar surface area (TPSA) is 37.3 Å². The largest absolute Gasteiger partial charge is 0.478 e. The van der Waals surface area contributed by atoms with Crippen molar-refractivity contribution >= 4 is 5.97 Å². The molecule has 0 spiro atoms. The summed E-state index contributed by atoms with van der Waals surface area (Å²) in [5, 5.41) is 9.25. The molecule has 0 atom stereocenters. The van der Waals surface area contributed by atoms with Crippen LogP contribution in [-0.2, 0) is 4.79 Å². The lowest BCUT2D eigenvalue weighted by atomic mass is 9.98. The van der Waals surface area contributed by atoms with Gasteiger partial charge in [0.15, 0.2) is 0 Å². The fourth-order valence-corrected chi connectivity index (χ4v) is 2.20. The van der Waals surface area contributed by atoms with Crippen LogP contribution in [-0.4, -0.2) is 11.1 Å². The van der Waals surface area contributed by atoms with Crippen LogP contribution < -0.4 is 0 Å². The molecule has 2 heteroatoms. The maximum Gasteiger partial charge on any atom is 0.331 e. The number of allylic oxidation sites excluding steroid dienone is 1. The first kappa shape index (κ1) is 17.2. The van der Waals surface area contributed by atoms with Gasteiger partial charge < -0.3 is 5.11 Å². The molecule has 0 aliphatic carbocycles. The van der Waals surface area contributed by atoms with Crippen molar-refractivity contribution in [3.8, 4) is 0 Å². The summed E-state index contributed by atoms with van der Waals surface area (Å²) in [6.07, 6.45) is 11.1. The number of rotatable bonds is 11. The lowest BCUT2D eigenvalue weighted by Crippen LogP contribution is -2.04. The van der Waals surface area contributed by atoms with Gasteiger partial charge in [-0.15, -0.1) is 0 Å². The summed E-state index contributed by atoms with van der Waals surface area (Å²) >= 11 is 0. The molecule has 0 unspecified atom stereocenters. The summed E-state index contributed by atoms with van der Waals surface area (Å²) in [5.41, 5.74) is 1.76. The predicted octanol–water partition coefficient (Wildman–Crippen LogP) is 5.33. The highest BCUT2D eigenvalue weighted by molar-refractivity contribution is 5.87. The molecule has 0 aromatic rings. The van der Waals surface area contributed by atoms with Crippen molar-refractivity contribution in [2.75, 3.05) is 0 Å². The van der Waals surface area contributed by atoms with Gasteiger partial charge in [0.25, 0.3) is 0 Å². The molecule has 2 nitrogen and oxygen atoms in total. The molecule has 0 amide bonds. The molecule has 0 saturated heterocycles. The van der Waals surface area contributed by atoms with Gasteiger partial charge in [-0.2, -0.15) is 0 Å². The van der Waals surface area contributed by atoms with Crippen LogP contribution in [0.1, 0.15) is 85.0 Å². The van der Waals surface area contributed by atoms with Gasteiger partial charge in [-0.3, -0.25) is 0 Å². The van der Waals surface area contributed by atoms with E-state index in [-0.39, 0.29) is 0 Å². The summed E-state index contributed by atoms with van der Waals surface area (Å²) < 4.78 is 0. The number of carbonyl (C=O) groups is 1. The predicted molar refractivity (Wildman–Crippen MR) is 77.9 cm³/mol. The Morgan fingerprint density at radius 1 is 0.833 bits per heavy atom. The standard InChI is InChI=1S/C16H30O2/c1-4-6-8-10-12-14(3)15(16(17)18)13-11-9-7-5-2/h4-13H2,1-3H3,(H,17,18)/b15-14-. The van der Waals surface area contributed by atoms with Gasteiger partial charge >= 0.3 is 5.97 Å². The number of hydrogen-bond acceptors (Lipinski definition) is 1. The third-order valence-corrected chi connectivity index (χ3v) is 3.46. The van der Waals surface area contributed by atoms with E-state index >= 15 is 0 Å². The van der Waals surface area contributed by atoms with Crippen molar-refractivity contribution in [2.45, 2.75) is 85.0 Å². The van der Waals surface area contributed by atoms with Crippen LogP contribution in [0.15, 0.2) is 11.1 Å². The average Bonchev–Trinajstić information content (AvgIpc) is 2.34. The second-order valence-electron chi connectivity index (χ2n) is 5.19. The van der Waals surface area contributed by atoms with Crippen LogP contribution in [0.5, 0.6) is 0 Å². The molecule has 0 bridgehead atoms. The van der Waals surface area contributed by atoms with E-state index in [1.165, 1.54) is 32.1 Å². The minimum Gasteiger partial charge on any atom is -0.478 e. The Kier molecular flexibility index (Phi) is 10.8. The molecule has 0 aliphatic rings. The zero-order chi connectivity index (χ0) is 13.8. The third kappa shape index (κ3) is 8.32. The van der Waals surface area contributed by atoms with Crippen molar-refractivity contribution in [2.24, 2.45) is 0 Å². The van der Waals surface area contributed by atoms with Crippen LogP contribution >= 0.6 is 0 Å². The molecular weight excluding hydrogens is 224 g/mol. The maximum atomic E-state index is 11.2. The molecule has 0 aromatic carbocycles. The van der Waals surface area contributed by atoms with E-state index in [1.54, 1.807) is 0 Å². The summed E-state index contributed by atoms with van der Waals surface area (Å²) in [6, 6.07) is 0. The average molecular weight is 254 g/mol. The van der Waals surface area contributed by atoms with E-state index in [0.717, 1.165) is 37.7 Å². The van der Waals surface area contributed by atoms with E-state index in [4.69, 9.17) is 0 Å². The molecule has 106 valence electrons. The van der Waals surface area contributed by atoms with Gasteiger partial charge in [-0.25, -0.2) is 4.79 Å². The molecular formula is C16H30O2. The first-order valence-electron chi connectivity index (χ1n) is 7.55. The number of unbranched alkanes of at least 4 members (excludes halogenated alkanes) is 6. The Bertz CT molecular complexity index is 254. The van der Waals surface area contributed by atoms with E-state index in [0.29, 0.717) is 5.57 Å². The van der Waals surface area contributed by atoms with Crippen LogP contribution in [0.4, 0.5) is 0 Å². The molecule has 18 heavy (non-hydrogen) atoms. The van der Waals surface area contributed by atoms with Crippen LogP contribution in [0, 0.1) is 0 Å². The fourth-order valence-electron chi connectivity index (χ4n) is 2.20. The summed E-state index contributed by atoms with van der Waals surface area (Å²) in [7, 11) is 0. The lowest BCUT2D eigenvalue weighted by Gasteiger charge is -2.08. The maximum absolute atomic E-state index is 11.2. The Balaban J connectivity index is 4.13. The number of carboxylic acids is 1. The van der Waals surface area contributed by atoms with Crippen molar-refractivity contribution in [1.82, 2.24) is 0 Å². The number of hydrogen-bond donors (Lipinski definition) is 1. The fraction of sp³-hybridized carbons (Fsp3) is 0.812. The molecule has 0 saturated carbocycles. The third-order valence-electron chi connectivity index (χ3n) is 3.46. The smallest absolute Gasteiger partial charge is 0.331 e. The molecule has 0 aliphatic heterocycles. The van der Waals surface area contributed by atoms with Crippen LogP contribution in [0.25, 0.3) is 0 Å². The highest BCUT2D eigenvalue weighted by atomic mass is 16.4. The summed E-state index contributed by atoms with van der Waals surface area (Å²) in [5.74, 6) is -0.709. The van der Waals surface area contributed by atoms with Gasteiger partial charge in [-0.1, -0.05) is 57.9 Å². The Morgan fingerprint density at radius 2 is 1.33 bits per heavy atom. The summed E-state index contributed by atoms with van der Waals surface area (Å²) in [4.78, 5) is 11.2. The highest BCUT2D eigenvalue weighted by Gasteiger charge is 2.10. The molecule has 1 N–H and O–H groups in total. The zero-order valence-electron chi connectivity index (χ0n) is 12.4. The Labute approximate surface area is 112 Å². The first-order valence-corrected chi connectivity index (χ1v) is 7.55. The van der Waals surface area contributed by atoms with Crippen molar-refractivity contribution in [3.63, 3.8) is 0 Å².